The van der Waals surface area contributed by atoms with Crippen molar-refractivity contribution in [2.75, 3.05) is 0 Å². The van der Waals surface area contributed by atoms with Gasteiger partial charge in [-0.1, -0.05) is 6.07 Å². The average molecular weight is 253 g/mol. The molecule has 3 amide bonds. The molecular formula is C11H9F2N3O2. The van der Waals surface area contributed by atoms with Crippen molar-refractivity contribution in [3.8, 4) is 6.19 Å². The monoisotopic (exact) mass is 253 g/mol. The molecule has 1 aromatic carbocycles. The molecule has 18 heavy (non-hydrogen) atoms. The molecule has 0 aliphatic heterocycles. The Labute approximate surface area is 101 Å². The largest absolute Gasteiger partial charge is 0.350 e. The lowest BCUT2D eigenvalue weighted by atomic mass is 10.1. The molecule has 0 saturated heterocycles. The number of imide groups is 1. The van der Waals surface area contributed by atoms with Crippen molar-refractivity contribution in [2.24, 2.45) is 5.73 Å². The zero-order valence-corrected chi connectivity index (χ0v) is 9.19. The maximum absolute atomic E-state index is 13.2. The van der Waals surface area contributed by atoms with Crippen LogP contribution in [0.4, 0.5) is 13.6 Å². The summed E-state index contributed by atoms with van der Waals surface area (Å²) >= 11 is 0. The molecule has 1 rings (SSSR count). The van der Waals surface area contributed by atoms with Crippen molar-refractivity contribution in [2.45, 2.75) is 12.8 Å². The number of nitriles is 1. The first kappa shape index (κ1) is 13.6. The minimum atomic E-state index is -1.23. The molecule has 94 valence electrons. The van der Waals surface area contributed by atoms with Crippen molar-refractivity contribution in [3.63, 3.8) is 0 Å². The van der Waals surface area contributed by atoms with Gasteiger partial charge < -0.3 is 5.73 Å². The molecule has 0 unspecified atom stereocenters. The van der Waals surface area contributed by atoms with Crippen molar-refractivity contribution in [1.82, 2.24) is 4.90 Å². The van der Waals surface area contributed by atoms with E-state index in [0.717, 1.165) is 12.1 Å². The van der Waals surface area contributed by atoms with Crippen molar-refractivity contribution in [3.05, 3.63) is 35.4 Å². The number of benzene rings is 1. The van der Waals surface area contributed by atoms with Crippen LogP contribution in [0.1, 0.15) is 12.0 Å². The number of rotatable bonds is 3. The second-order valence-corrected chi connectivity index (χ2v) is 3.37. The van der Waals surface area contributed by atoms with E-state index in [2.05, 4.69) is 0 Å². The zero-order valence-electron chi connectivity index (χ0n) is 9.19. The summed E-state index contributed by atoms with van der Waals surface area (Å²) in [5.41, 5.74) is 4.50. The van der Waals surface area contributed by atoms with Crippen LogP contribution in [-0.4, -0.2) is 16.8 Å². The topological polar surface area (TPSA) is 87.2 Å². The van der Waals surface area contributed by atoms with Gasteiger partial charge in [-0.2, -0.15) is 10.2 Å². The molecule has 0 bridgehead atoms. The van der Waals surface area contributed by atoms with Gasteiger partial charge in [0.25, 0.3) is 0 Å². The standard InChI is InChI=1S/C11H9F2N3O2/c12-8-2-1-3-9(13)7(8)4-5-10(17)16(6-14)11(15)18/h1-3H,4-5H2,(H2,15,18). The number of amides is 3. The van der Waals surface area contributed by atoms with Crippen LogP contribution in [0.2, 0.25) is 0 Å². The zero-order chi connectivity index (χ0) is 13.7. The van der Waals surface area contributed by atoms with Crippen molar-refractivity contribution < 1.29 is 18.4 Å². The molecule has 0 fully saturated rings. The Hall–Kier alpha value is -2.49. The summed E-state index contributed by atoms with van der Waals surface area (Å²) in [6.45, 7) is 0. The number of halogens is 2. The summed E-state index contributed by atoms with van der Waals surface area (Å²) in [4.78, 5) is 22.2. The summed E-state index contributed by atoms with van der Waals surface area (Å²) in [5, 5.41) is 8.48. The number of urea groups is 1. The van der Waals surface area contributed by atoms with Crippen LogP contribution in [-0.2, 0) is 11.2 Å². The Morgan fingerprint density at radius 3 is 2.33 bits per heavy atom. The Balaban J connectivity index is 2.75. The Morgan fingerprint density at radius 1 is 1.33 bits per heavy atom. The molecule has 0 aromatic heterocycles. The summed E-state index contributed by atoms with van der Waals surface area (Å²) in [7, 11) is 0. The van der Waals surface area contributed by atoms with E-state index in [9.17, 15) is 18.4 Å². The van der Waals surface area contributed by atoms with Crippen LogP contribution in [0.5, 0.6) is 0 Å². The number of hydrogen-bond acceptors (Lipinski definition) is 3. The van der Waals surface area contributed by atoms with E-state index in [-0.39, 0.29) is 16.9 Å². The lowest BCUT2D eigenvalue weighted by Crippen LogP contribution is -2.36. The smallest absolute Gasteiger partial charge is 0.335 e. The van der Waals surface area contributed by atoms with Gasteiger partial charge in [-0.25, -0.2) is 13.6 Å². The number of carbonyl (C=O) groups is 2. The predicted molar refractivity (Wildman–Crippen MR) is 56.7 cm³/mol. The maximum Gasteiger partial charge on any atom is 0.335 e. The van der Waals surface area contributed by atoms with E-state index in [1.165, 1.54) is 12.3 Å². The number of hydrogen-bond donors (Lipinski definition) is 1. The summed E-state index contributed by atoms with van der Waals surface area (Å²) in [5.74, 6) is -2.48. The predicted octanol–water partition coefficient (Wildman–Crippen LogP) is 1.29. The van der Waals surface area contributed by atoms with E-state index in [4.69, 9.17) is 11.0 Å². The van der Waals surface area contributed by atoms with Gasteiger partial charge in [0.05, 0.1) is 0 Å². The summed E-state index contributed by atoms with van der Waals surface area (Å²) < 4.78 is 26.4. The highest BCUT2D eigenvalue weighted by Gasteiger charge is 2.19. The Kier molecular flexibility index (Phi) is 4.32. The van der Waals surface area contributed by atoms with Crippen LogP contribution >= 0.6 is 0 Å². The third kappa shape index (κ3) is 3.01. The first-order chi connectivity index (χ1) is 8.47. The highest BCUT2D eigenvalue weighted by atomic mass is 19.1. The molecule has 0 aliphatic carbocycles. The minimum absolute atomic E-state index is 0.138. The first-order valence-corrected chi connectivity index (χ1v) is 4.92. The van der Waals surface area contributed by atoms with Crippen LogP contribution < -0.4 is 5.73 Å². The third-order valence-corrected chi connectivity index (χ3v) is 2.22. The summed E-state index contributed by atoms with van der Waals surface area (Å²) in [6.07, 6.45) is 0.633. The van der Waals surface area contributed by atoms with Crippen LogP contribution in [0.3, 0.4) is 0 Å². The molecule has 2 N–H and O–H groups in total. The fourth-order valence-electron chi connectivity index (χ4n) is 1.34. The fraction of sp³-hybridized carbons (Fsp3) is 0.182. The molecule has 1 aromatic rings. The molecule has 0 saturated carbocycles. The third-order valence-electron chi connectivity index (χ3n) is 2.22. The van der Waals surface area contributed by atoms with Gasteiger partial charge in [0.15, 0.2) is 6.19 Å². The lowest BCUT2D eigenvalue weighted by molar-refractivity contribution is -0.125. The summed E-state index contributed by atoms with van der Waals surface area (Å²) in [6, 6.07) is 2.08. The van der Waals surface area contributed by atoms with Gasteiger partial charge >= 0.3 is 6.03 Å². The van der Waals surface area contributed by atoms with Gasteiger partial charge in [0.2, 0.25) is 5.91 Å². The van der Waals surface area contributed by atoms with Crippen LogP contribution in [0, 0.1) is 23.1 Å². The number of nitrogens with zero attached hydrogens (tertiary/aromatic N) is 2. The second kappa shape index (κ2) is 5.72. The van der Waals surface area contributed by atoms with Gasteiger partial charge in [-0.05, 0) is 18.6 Å². The van der Waals surface area contributed by atoms with Crippen LogP contribution in [0.25, 0.3) is 0 Å². The second-order valence-electron chi connectivity index (χ2n) is 3.37. The van der Waals surface area contributed by atoms with Crippen LogP contribution in [0.15, 0.2) is 18.2 Å². The van der Waals surface area contributed by atoms with Gasteiger partial charge in [-0.15, -0.1) is 0 Å². The molecule has 0 radical (unpaired) electrons. The van der Waals surface area contributed by atoms with E-state index in [1.54, 1.807) is 0 Å². The molecular weight excluding hydrogens is 244 g/mol. The van der Waals surface area contributed by atoms with E-state index < -0.39 is 30.0 Å². The highest BCUT2D eigenvalue weighted by Crippen LogP contribution is 2.14. The number of primary amides is 1. The number of nitrogens with two attached hydrogens (primary N) is 1. The first-order valence-electron chi connectivity index (χ1n) is 4.92. The SMILES string of the molecule is N#CN(C(N)=O)C(=O)CCc1c(F)cccc1F. The Bertz CT molecular complexity index is 505. The maximum atomic E-state index is 13.2. The minimum Gasteiger partial charge on any atom is -0.350 e. The number of carbonyl (C=O) groups excluding carboxylic acids is 2. The van der Waals surface area contributed by atoms with Crippen molar-refractivity contribution >= 4 is 11.9 Å². The van der Waals surface area contributed by atoms with E-state index in [1.807, 2.05) is 0 Å². The van der Waals surface area contributed by atoms with E-state index >= 15 is 0 Å². The highest BCUT2D eigenvalue weighted by molar-refractivity contribution is 5.95. The molecule has 0 spiro atoms. The molecule has 7 heteroatoms. The molecule has 5 nitrogen and oxygen atoms in total. The van der Waals surface area contributed by atoms with Gasteiger partial charge in [0.1, 0.15) is 11.6 Å². The fourth-order valence-corrected chi connectivity index (χ4v) is 1.34. The van der Waals surface area contributed by atoms with Gasteiger partial charge in [-0.3, -0.25) is 4.79 Å². The lowest BCUT2D eigenvalue weighted by Gasteiger charge is -2.09. The molecule has 0 aliphatic rings. The Morgan fingerprint density at radius 2 is 1.89 bits per heavy atom. The van der Waals surface area contributed by atoms with Gasteiger partial charge in [0, 0.05) is 12.0 Å². The normalized spacial score (nSPS) is 9.61. The average Bonchev–Trinajstić information content (AvgIpc) is 2.28. The molecule has 0 heterocycles. The van der Waals surface area contributed by atoms with E-state index in [0.29, 0.717) is 0 Å². The quantitative estimate of drug-likeness (QED) is 0.650. The van der Waals surface area contributed by atoms with Crippen molar-refractivity contribution in [1.29, 1.82) is 5.26 Å². The molecule has 0 atom stereocenters.